The van der Waals surface area contributed by atoms with Gasteiger partial charge in [-0.25, -0.2) is 4.98 Å². The molecule has 3 aromatic rings. The van der Waals surface area contributed by atoms with E-state index in [1.807, 2.05) is 13.0 Å². The zero-order valence-electron chi connectivity index (χ0n) is 11.1. The number of anilines is 3. The largest absolute Gasteiger partial charge is 0.383 e. The third-order valence-corrected chi connectivity index (χ3v) is 3.07. The van der Waals surface area contributed by atoms with Gasteiger partial charge in [-0.1, -0.05) is 0 Å². The highest BCUT2D eigenvalue weighted by Crippen LogP contribution is 2.21. The van der Waals surface area contributed by atoms with Crippen molar-refractivity contribution in [3.63, 3.8) is 0 Å². The first-order chi connectivity index (χ1) is 9.54. The first kappa shape index (κ1) is 12.2. The molecule has 0 aliphatic heterocycles. The zero-order valence-corrected chi connectivity index (χ0v) is 11.1. The molecule has 0 aliphatic rings. The van der Waals surface area contributed by atoms with Crippen LogP contribution in [0.3, 0.4) is 0 Å². The summed E-state index contributed by atoms with van der Waals surface area (Å²) >= 11 is 0. The number of hydrogen-bond acceptors (Lipinski definition) is 5. The summed E-state index contributed by atoms with van der Waals surface area (Å²) in [6.45, 7) is 1.90. The average Bonchev–Trinajstić information content (AvgIpc) is 2.80. The molecule has 0 aromatic carbocycles. The number of fused-ring (bicyclic) bond motifs is 1. The maximum atomic E-state index is 12.1. The van der Waals surface area contributed by atoms with Gasteiger partial charge in [0.25, 0.3) is 5.56 Å². The lowest BCUT2D eigenvalue weighted by molar-refractivity contribution is 0.873. The minimum Gasteiger partial charge on any atom is -0.383 e. The van der Waals surface area contributed by atoms with Crippen molar-refractivity contribution in [2.45, 2.75) is 6.92 Å². The number of H-pyrrole nitrogens is 1. The normalized spacial score (nSPS) is 10.9. The molecule has 0 atom stereocenters. The first-order valence-corrected chi connectivity index (χ1v) is 6.09. The molecule has 3 rings (SSSR count). The van der Waals surface area contributed by atoms with Crippen LogP contribution in [0.4, 0.5) is 17.5 Å². The van der Waals surface area contributed by atoms with Crippen LogP contribution in [0.15, 0.2) is 29.2 Å². The number of hydrogen-bond donors (Lipinski definition) is 3. The van der Waals surface area contributed by atoms with E-state index in [1.165, 1.54) is 4.57 Å². The van der Waals surface area contributed by atoms with Gasteiger partial charge in [-0.05, 0) is 19.1 Å². The number of rotatable bonds is 2. The van der Waals surface area contributed by atoms with Gasteiger partial charge in [0.2, 0.25) is 0 Å². The fourth-order valence-corrected chi connectivity index (χ4v) is 2.05. The fourth-order valence-electron chi connectivity index (χ4n) is 2.05. The molecule has 0 fully saturated rings. The molecule has 0 unspecified atom stereocenters. The number of aromatic amines is 1. The molecule has 0 saturated heterocycles. The molecule has 4 N–H and O–H groups in total. The lowest BCUT2D eigenvalue weighted by Gasteiger charge is -2.07. The van der Waals surface area contributed by atoms with Gasteiger partial charge in [0.1, 0.15) is 11.6 Å². The van der Waals surface area contributed by atoms with Crippen LogP contribution in [0.25, 0.3) is 10.8 Å². The molecule has 3 heterocycles. The van der Waals surface area contributed by atoms with Crippen molar-refractivity contribution >= 4 is 28.2 Å². The summed E-state index contributed by atoms with van der Waals surface area (Å²) < 4.78 is 1.50. The zero-order chi connectivity index (χ0) is 14.3. The van der Waals surface area contributed by atoms with Crippen LogP contribution in [0.2, 0.25) is 0 Å². The summed E-state index contributed by atoms with van der Waals surface area (Å²) in [7, 11) is 1.70. The molecular weight excluding hydrogens is 256 g/mol. The fraction of sp³-hybridized carbons (Fsp3) is 0.154. The van der Waals surface area contributed by atoms with Gasteiger partial charge in [-0.2, -0.15) is 5.10 Å². The molecule has 0 spiro atoms. The molecule has 7 heteroatoms. The summed E-state index contributed by atoms with van der Waals surface area (Å²) in [6, 6.07) is 5.30. The third-order valence-electron chi connectivity index (χ3n) is 3.07. The number of nitrogen functional groups attached to an aromatic ring is 1. The van der Waals surface area contributed by atoms with E-state index < -0.39 is 0 Å². The van der Waals surface area contributed by atoms with Gasteiger partial charge >= 0.3 is 0 Å². The van der Waals surface area contributed by atoms with E-state index in [0.717, 1.165) is 5.69 Å². The minimum absolute atomic E-state index is 0.113. The molecular formula is C13H14N6O. The van der Waals surface area contributed by atoms with Crippen LogP contribution in [-0.2, 0) is 7.05 Å². The standard InChI is InChI=1S/C13H14N6O/c1-7-5-11(18-17-7)15-10-6-9-8(12(14)16-10)3-4-19(2)13(9)20/h3-6H,1-2H3,(H4,14,15,16,17,18). The highest BCUT2D eigenvalue weighted by molar-refractivity contribution is 5.92. The van der Waals surface area contributed by atoms with Crippen molar-refractivity contribution in [3.8, 4) is 0 Å². The topological polar surface area (TPSA) is 102 Å². The predicted octanol–water partition coefficient (Wildman–Crippen LogP) is 1.29. The molecule has 20 heavy (non-hydrogen) atoms. The lowest BCUT2D eigenvalue weighted by atomic mass is 10.2. The summed E-state index contributed by atoms with van der Waals surface area (Å²) in [5.41, 5.74) is 6.72. The average molecular weight is 270 g/mol. The van der Waals surface area contributed by atoms with E-state index in [1.54, 1.807) is 25.4 Å². The second-order valence-corrected chi connectivity index (χ2v) is 4.65. The predicted molar refractivity (Wildman–Crippen MR) is 78.0 cm³/mol. The summed E-state index contributed by atoms with van der Waals surface area (Å²) in [6.07, 6.45) is 1.67. The number of pyridine rings is 2. The van der Waals surface area contributed by atoms with Crippen LogP contribution < -0.4 is 16.6 Å². The Labute approximate surface area is 114 Å². The second kappa shape index (κ2) is 4.37. The smallest absolute Gasteiger partial charge is 0.258 e. The number of nitrogens with one attached hydrogen (secondary N) is 2. The van der Waals surface area contributed by atoms with E-state index in [-0.39, 0.29) is 5.56 Å². The second-order valence-electron chi connectivity index (χ2n) is 4.65. The van der Waals surface area contributed by atoms with E-state index in [9.17, 15) is 4.79 Å². The summed E-state index contributed by atoms with van der Waals surface area (Å²) in [4.78, 5) is 16.4. The molecule has 0 bridgehead atoms. The van der Waals surface area contributed by atoms with Gasteiger partial charge in [-0.3, -0.25) is 9.89 Å². The van der Waals surface area contributed by atoms with E-state index in [4.69, 9.17) is 5.73 Å². The highest BCUT2D eigenvalue weighted by Gasteiger charge is 2.08. The van der Waals surface area contributed by atoms with Crippen molar-refractivity contribution in [1.29, 1.82) is 0 Å². The van der Waals surface area contributed by atoms with Crippen molar-refractivity contribution in [3.05, 3.63) is 40.4 Å². The number of aryl methyl sites for hydroxylation is 2. The molecule has 7 nitrogen and oxygen atoms in total. The van der Waals surface area contributed by atoms with Gasteiger partial charge in [-0.15, -0.1) is 0 Å². The molecule has 0 radical (unpaired) electrons. The van der Waals surface area contributed by atoms with Crippen molar-refractivity contribution in [2.24, 2.45) is 7.05 Å². The number of nitrogens with two attached hydrogens (primary N) is 1. The molecule has 3 aromatic heterocycles. The SMILES string of the molecule is Cc1cc(Nc2cc3c(=O)n(C)ccc3c(N)n2)n[nH]1. The van der Waals surface area contributed by atoms with Gasteiger partial charge in [0.15, 0.2) is 5.82 Å². The van der Waals surface area contributed by atoms with Crippen LogP contribution in [0.1, 0.15) is 5.69 Å². The molecule has 102 valence electrons. The molecule has 0 saturated carbocycles. The van der Waals surface area contributed by atoms with Crippen molar-refractivity contribution in [2.75, 3.05) is 11.1 Å². The van der Waals surface area contributed by atoms with Crippen LogP contribution in [0.5, 0.6) is 0 Å². The van der Waals surface area contributed by atoms with Crippen LogP contribution >= 0.6 is 0 Å². The Kier molecular flexibility index (Phi) is 2.67. The molecule has 0 aliphatic carbocycles. The van der Waals surface area contributed by atoms with Crippen LogP contribution in [-0.4, -0.2) is 19.7 Å². The number of aromatic nitrogens is 4. The van der Waals surface area contributed by atoms with Gasteiger partial charge in [0, 0.05) is 30.4 Å². The monoisotopic (exact) mass is 270 g/mol. The molecule has 0 amide bonds. The Morgan fingerprint density at radius 2 is 2.10 bits per heavy atom. The highest BCUT2D eigenvalue weighted by atomic mass is 16.1. The van der Waals surface area contributed by atoms with Gasteiger partial charge < -0.3 is 15.6 Å². The Morgan fingerprint density at radius 1 is 1.30 bits per heavy atom. The Balaban J connectivity index is 2.13. The van der Waals surface area contributed by atoms with Crippen molar-refractivity contribution < 1.29 is 0 Å². The van der Waals surface area contributed by atoms with E-state index in [2.05, 4.69) is 20.5 Å². The summed E-state index contributed by atoms with van der Waals surface area (Å²) in [5, 5.41) is 11.1. The quantitative estimate of drug-likeness (QED) is 0.651. The Bertz CT molecular complexity index is 848. The van der Waals surface area contributed by atoms with E-state index >= 15 is 0 Å². The van der Waals surface area contributed by atoms with Crippen LogP contribution in [0, 0.1) is 6.92 Å². The number of nitrogens with zero attached hydrogens (tertiary/aromatic N) is 3. The summed E-state index contributed by atoms with van der Waals surface area (Å²) in [5.74, 6) is 1.43. The third kappa shape index (κ3) is 1.99. The Morgan fingerprint density at radius 3 is 2.80 bits per heavy atom. The Hall–Kier alpha value is -2.83. The van der Waals surface area contributed by atoms with E-state index in [0.29, 0.717) is 28.2 Å². The maximum Gasteiger partial charge on any atom is 0.258 e. The first-order valence-electron chi connectivity index (χ1n) is 6.09. The lowest BCUT2D eigenvalue weighted by Crippen LogP contribution is -2.16. The van der Waals surface area contributed by atoms with Crippen molar-refractivity contribution in [1.82, 2.24) is 19.7 Å². The van der Waals surface area contributed by atoms with Gasteiger partial charge in [0.05, 0.1) is 5.39 Å². The minimum atomic E-state index is -0.113. The maximum absolute atomic E-state index is 12.1.